The first-order valence-electron chi connectivity index (χ1n) is 8.23. The average molecular weight is 351 g/mol. The molecule has 0 saturated carbocycles. The highest BCUT2D eigenvalue weighted by Crippen LogP contribution is 2.39. The monoisotopic (exact) mass is 351 g/mol. The Labute approximate surface area is 146 Å². The first-order chi connectivity index (χ1) is 12.0. The molecule has 9 nitrogen and oxygen atoms in total. The topological polar surface area (TPSA) is 119 Å². The van der Waals surface area contributed by atoms with Crippen LogP contribution >= 0.6 is 0 Å². The highest BCUT2D eigenvalue weighted by atomic mass is 16.3. The molecule has 3 rings (SSSR count). The van der Waals surface area contributed by atoms with Crippen LogP contribution in [-0.2, 0) is 9.59 Å². The second-order valence-electron chi connectivity index (χ2n) is 6.45. The van der Waals surface area contributed by atoms with Gasteiger partial charge in [0, 0.05) is 46.1 Å². The zero-order valence-corrected chi connectivity index (χ0v) is 14.6. The van der Waals surface area contributed by atoms with Crippen molar-refractivity contribution in [1.82, 2.24) is 15.3 Å². The molecule has 2 aliphatic heterocycles. The van der Waals surface area contributed by atoms with Gasteiger partial charge in [-0.1, -0.05) is 0 Å². The molecule has 2 fully saturated rings. The maximum Gasteiger partial charge on any atom is 0.290 e. The van der Waals surface area contributed by atoms with Crippen LogP contribution in [0, 0.1) is 5.41 Å². The Kier molecular flexibility index (Phi) is 6.13. The summed E-state index contributed by atoms with van der Waals surface area (Å²) in [5.74, 6) is 1.52. The van der Waals surface area contributed by atoms with Gasteiger partial charge in [-0.3, -0.25) is 9.59 Å². The summed E-state index contributed by atoms with van der Waals surface area (Å²) in [7, 11) is 3.85. The molecular formula is C16H25N5O4. The minimum atomic E-state index is -0.725. The van der Waals surface area contributed by atoms with Crippen LogP contribution in [0.5, 0.6) is 0 Å². The maximum atomic E-state index is 12.4. The highest BCUT2D eigenvalue weighted by molar-refractivity contribution is 5.85. The van der Waals surface area contributed by atoms with E-state index in [1.165, 1.54) is 0 Å². The lowest BCUT2D eigenvalue weighted by Gasteiger charge is -2.47. The molecule has 1 amide bonds. The van der Waals surface area contributed by atoms with Crippen LogP contribution in [0.15, 0.2) is 12.4 Å². The fourth-order valence-electron chi connectivity index (χ4n) is 3.49. The number of aliphatic hydroxyl groups is 1. The molecular weight excluding hydrogens is 326 g/mol. The lowest BCUT2D eigenvalue weighted by molar-refractivity contribution is -0.142. The fraction of sp³-hybridized carbons (Fsp3) is 0.625. The summed E-state index contributed by atoms with van der Waals surface area (Å²) in [6.07, 6.45) is 4.92. The van der Waals surface area contributed by atoms with Gasteiger partial charge in [-0.2, -0.15) is 0 Å². The van der Waals surface area contributed by atoms with E-state index in [-0.39, 0.29) is 12.4 Å². The molecule has 0 aromatic carbocycles. The summed E-state index contributed by atoms with van der Waals surface area (Å²) in [4.78, 5) is 33.6. The van der Waals surface area contributed by atoms with Crippen molar-refractivity contribution in [2.24, 2.45) is 5.41 Å². The molecule has 3 heterocycles. The van der Waals surface area contributed by atoms with E-state index in [0.29, 0.717) is 32.5 Å². The third-order valence-electron chi connectivity index (χ3n) is 4.70. The van der Waals surface area contributed by atoms with E-state index in [2.05, 4.69) is 20.2 Å². The third kappa shape index (κ3) is 3.81. The Morgan fingerprint density at radius 3 is 2.72 bits per heavy atom. The maximum absolute atomic E-state index is 12.4. The largest absolute Gasteiger partial charge is 0.483 e. The number of nitrogens with zero attached hydrogens (tertiary/aromatic N) is 4. The molecule has 2 saturated heterocycles. The Bertz CT molecular complexity index is 612. The van der Waals surface area contributed by atoms with Gasteiger partial charge in [0.2, 0.25) is 5.91 Å². The van der Waals surface area contributed by atoms with Crippen LogP contribution in [0.1, 0.15) is 19.3 Å². The second kappa shape index (κ2) is 8.11. The van der Waals surface area contributed by atoms with E-state index in [1.807, 2.05) is 19.0 Å². The lowest BCUT2D eigenvalue weighted by atomic mass is 9.71. The van der Waals surface area contributed by atoms with Gasteiger partial charge in [0.25, 0.3) is 6.47 Å². The minimum Gasteiger partial charge on any atom is -0.483 e. The van der Waals surface area contributed by atoms with Crippen molar-refractivity contribution in [3.8, 4) is 0 Å². The van der Waals surface area contributed by atoms with E-state index < -0.39 is 11.5 Å². The number of nitrogens with one attached hydrogen (secondary N) is 1. The molecule has 1 aromatic rings. The molecule has 1 aromatic heterocycles. The summed E-state index contributed by atoms with van der Waals surface area (Å²) in [6, 6.07) is 0. The fourth-order valence-corrected chi connectivity index (χ4v) is 3.49. The normalized spacial score (nSPS) is 25.6. The summed E-state index contributed by atoms with van der Waals surface area (Å²) < 4.78 is 0. The molecule has 3 N–H and O–H groups in total. The van der Waals surface area contributed by atoms with Gasteiger partial charge in [0.05, 0.1) is 11.5 Å². The first kappa shape index (κ1) is 18.9. The summed E-state index contributed by atoms with van der Waals surface area (Å²) in [5.41, 5.74) is -0.725. The van der Waals surface area contributed by atoms with Crippen molar-refractivity contribution in [3.05, 3.63) is 12.4 Å². The van der Waals surface area contributed by atoms with Gasteiger partial charge in [-0.05, 0) is 19.3 Å². The SMILES string of the molecule is CN(C)c1nccnc1N1CC[C@@H](O)[C@@]2(CCCNC2=O)C1.O=CO. The van der Waals surface area contributed by atoms with E-state index in [9.17, 15) is 9.90 Å². The summed E-state index contributed by atoms with van der Waals surface area (Å²) in [6.45, 7) is 1.61. The number of carbonyl (C=O) groups is 2. The number of hydrogen-bond acceptors (Lipinski definition) is 7. The van der Waals surface area contributed by atoms with Crippen LogP contribution < -0.4 is 15.1 Å². The molecule has 0 aliphatic carbocycles. The number of piperidine rings is 2. The molecule has 2 atom stereocenters. The van der Waals surface area contributed by atoms with Crippen molar-refractivity contribution in [3.63, 3.8) is 0 Å². The average Bonchev–Trinajstić information content (AvgIpc) is 2.60. The molecule has 25 heavy (non-hydrogen) atoms. The van der Waals surface area contributed by atoms with Gasteiger partial charge in [0.15, 0.2) is 11.6 Å². The molecule has 0 bridgehead atoms. The van der Waals surface area contributed by atoms with E-state index in [4.69, 9.17) is 9.90 Å². The summed E-state index contributed by atoms with van der Waals surface area (Å²) >= 11 is 0. The Hall–Kier alpha value is -2.42. The van der Waals surface area contributed by atoms with Crippen LogP contribution in [0.4, 0.5) is 11.6 Å². The van der Waals surface area contributed by atoms with Crippen molar-refractivity contribution < 1.29 is 19.8 Å². The number of aromatic nitrogens is 2. The van der Waals surface area contributed by atoms with Crippen LogP contribution in [-0.4, -0.2) is 72.4 Å². The van der Waals surface area contributed by atoms with Gasteiger partial charge < -0.3 is 25.3 Å². The van der Waals surface area contributed by atoms with Gasteiger partial charge in [-0.15, -0.1) is 0 Å². The smallest absolute Gasteiger partial charge is 0.290 e. The Morgan fingerprint density at radius 1 is 1.40 bits per heavy atom. The zero-order chi connectivity index (χ0) is 18.4. The Morgan fingerprint density at radius 2 is 2.08 bits per heavy atom. The van der Waals surface area contributed by atoms with E-state index >= 15 is 0 Å². The van der Waals surface area contributed by atoms with Crippen molar-refractivity contribution in [2.75, 3.05) is 43.5 Å². The van der Waals surface area contributed by atoms with Crippen molar-refractivity contribution in [1.29, 1.82) is 0 Å². The molecule has 138 valence electrons. The van der Waals surface area contributed by atoms with Crippen molar-refractivity contribution in [2.45, 2.75) is 25.4 Å². The van der Waals surface area contributed by atoms with Gasteiger partial charge in [0.1, 0.15) is 0 Å². The number of rotatable bonds is 2. The predicted molar refractivity (Wildman–Crippen MR) is 92.6 cm³/mol. The highest BCUT2D eigenvalue weighted by Gasteiger charge is 2.50. The zero-order valence-electron chi connectivity index (χ0n) is 14.6. The lowest BCUT2D eigenvalue weighted by Crippen LogP contribution is -2.61. The van der Waals surface area contributed by atoms with E-state index in [1.54, 1.807) is 12.4 Å². The number of aliphatic hydroxyl groups excluding tert-OH is 1. The van der Waals surface area contributed by atoms with Gasteiger partial charge in [-0.25, -0.2) is 9.97 Å². The van der Waals surface area contributed by atoms with Crippen LogP contribution in [0.2, 0.25) is 0 Å². The quantitative estimate of drug-likeness (QED) is 0.622. The molecule has 2 aliphatic rings. The number of carbonyl (C=O) groups excluding carboxylic acids is 1. The van der Waals surface area contributed by atoms with Crippen LogP contribution in [0.3, 0.4) is 0 Å². The third-order valence-corrected chi connectivity index (χ3v) is 4.70. The second-order valence-corrected chi connectivity index (χ2v) is 6.45. The van der Waals surface area contributed by atoms with E-state index in [0.717, 1.165) is 18.1 Å². The minimum absolute atomic E-state index is 0.0359. The standard InChI is InChI=1S/C15H23N5O2.CH2O2/c1-19(2)12-13(17-8-7-16-12)20-9-4-11(21)15(10-20)5-3-6-18-14(15)22;2-1-3/h7-8,11,21H,3-6,9-10H2,1-2H3,(H,18,22);1H,(H,2,3)/t11-,15-;/m1./s1. The Balaban J connectivity index is 0.000000701. The molecule has 0 unspecified atom stereocenters. The number of amides is 1. The first-order valence-corrected chi connectivity index (χ1v) is 8.23. The molecule has 1 spiro atoms. The van der Waals surface area contributed by atoms with Crippen molar-refractivity contribution >= 4 is 24.0 Å². The molecule has 0 radical (unpaired) electrons. The number of carboxylic acid groups (broad SMARTS) is 1. The van der Waals surface area contributed by atoms with Gasteiger partial charge >= 0.3 is 0 Å². The predicted octanol–water partition coefficient (Wildman–Crippen LogP) is -0.289. The van der Waals surface area contributed by atoms with Crippen LogP contribution in [0.25, 0.3) is 0 Å². The number of anilines is 2. The number of hydrogen-bond donors (Lipinski definition) is 3. The summed E-state index contributed by atoms with van der Waals surface area (Å²) in [5, 5.41) is 20.3. The molecule has 9 heteroatoms.